The van der Waals surface area contributed by atoms with E-state index >= 15 is 0 Å². The Bertz CT molecular complexity index is 594. The Morgan fingerprint density at radius 1 is 1.20 bits per heavy atom. The lowest BCUT2D eigenvalue weighted by Gasteiger charge is -2.24. The maximum Gasteiger partial charge on any atom is 0.126 e. The molecule has 1 atom stereocenters. The van der Waals surface area contributed by atoms with Gasteiger partial charge in [-0.3, -0.25) is 0 Å². The van der Waals surface area contributed by atoms with Crippen LogP contribution >= 0.6 is 0 Å². The second-order valence-corrected chi connectivity index (χ2v) is 5.35. The van der Waals surface area contributed by atoms with E-state index in [-0.39, 0.29) is 0 Å². The minimum Gasteiger partial charge on any atom is -0.370 e. The summed E-state index contributed by atoms with van der Waals surface area (Å²) in [6.07, 6.45) is 1.13. The van der Waals surface area contributed by atoms with Crippen molar-refractivity contribution in [3.63, 3.8) is 0 Å². The van der Waals surface area contributed by atoms with Crippen molar-refractivity contribution in [2.75, 3.05) is 16.8 Å². The molecule has 1 aromatic heterocycles. The lowest BCUT2D eigenvalue weighted by molar-refractivity contribution is 0.665. The van der Waals surface area contributed by atoms with Crippen molar-refractivity contribution in [1.82, 2.24) is 4.98 Å². The number of hydrogen-bond donors (Lipinski definition) is 1. The zero-order chi connectivity index (χ0) is 13.9. The molecule has 0 fully saturated rings. The van der Waals surface area contributed by atoms with E-state index in [0.29, 0.717) is 6.04 Å². The van der Waals surface area contributed by atoms with E-state index in [1.54, 1.807) is 0 Å². The largest absolute Gasteiger partial charge is 0.370 e. The molecule has 3 nitrogen and oxygen atoms in total. The third kappa shape index (κ3) is 2.48. The number of nitrogens with one attached hydrogen (secondary N) is 1. The van der Waals surface area contributed by atoms with Crippen LogP contribution in [0.1, 0.15) is 25.1 Å². The summed E-state index contributed by atoms with van der Waals surface area (Å²) in [6.45, 7) is 6.15. The van der Waals surface area contributed by atoms with Gasteiger partial charge in [0.1, 0.15) is 5.82 Å². The van der Waals surface area contributed by atoms with Crippen molar-refractivity contribution < 1.29 is 0 Å². The highest BCUT2D eigenvalue weighted by molar-refractivity contribution is 5.59. The van der Waals surface area contributed by atoms with Gasteiger partial charge in [-0.25, -0.2) is 4.98 Å². The summed E-state index contributed by atoms with van der Waals surface area (Å²) in [5, 5.41) is 3.27. The van der Waals surface area contributed by atoms with E-state index in [1.165, 1.54) is 11.3 Å². The van der Waals surface area contributed by atoms with Gasteiger partial charge in [-0.1, -0.05) is 24.3 Å². The molecule has 1 aliphatic heterocycles. The highest BCUT2D eigenvalue weighted by Crippen LogP contribution is 2.32. The van der Waals surface area contributed by atoms with Gasteiger partial charge in [0.2, 0.25) is 0 Å². The standard InChI is InChI=1S/C17H21N3/c1-3-18-17-10-6-8-15(19-17)12-20-13(2)11-14-7-4-5-9-16(14)20/h4-10,13H,3,11-12H2,1-2H3,(H,18,19). The molecule has 1 unspecified atom stereocenters. The summed E-state index contributed by atoms with van der Waals surface area (Å²) in [7, 11) is 0. The molecule has 0 spiro atoms. The molecule has 2 aromatic rings. The minimum absolute atomic E-state index is 0.539. The maximum atomic E-state index is 4.68. The molecule has 0 amide bonds. The fourth-order valence-electron chi connectivity index (χ4n) is 2.89. The highest BCUT2D eigenvalue weighted by atomic mass is 15.2. The van der Waals surface area contributed by atoms with Crippen molar-refractivity contribution in [3.8, 4) is 0 Å². The minimum atomic E-state index is 0.539. The Kier molecular flexibility index (Phi) is 3.59. The van der Waals surface area contributed by atoms with E-state index in [4.69, 9.17) is 0 Å². The van der Waals surface area contributed by atoms with Crippen LogP contribution in [-0.4, -0.2) is 17.6 Å². The van der Waals surface area contributed by atoms with Crippen molar-refractivity contribution in [3.05, 3.63) is 53.7 Å². The average Bonchev–Trinajstić information content (AvgIpc) is 2.76. The van der Waals surface area contributed by atoms with Crippen molar-refractivity contribution in [2.45, 2.75) is 32.9 Å². The zero-order valence-corrected chi connectivity index (χ0v) is 12.1. The summed E-state index contributed by atoms with van der Waals surface area (Å²) >= 11 is 0. The van der Waals surface area contributed by atoms with Crippen LogP contribution in [0.25, 0.3) is 0 Å². The number of aromatic nitrogens is 1. The van der Waals surface area contributed by atoms with Gasteiger partial charge in [-0.2, -0.15) is 0 Å². The van der Waals surface area contributed by atoms with E-state index in [1.807, 2.05) is 6.07 Å². The number of anilines is 2. The van der Waals surface area contributed by atoms with Gasteiger partial charge in [0, 0.05) is 18.3 Å². The normalized spacial score (nSPS) is 17.1. The number of benzene rings is 1. The van der Waals surface area contributed by atoms with Gasteiger partial charge in [0.25, 0.3) is 0 Å². The number of fused-ring (bicyclic) bond motifs is 1. The van der Waals surface area contributed by atoms with Gasteiger partial charge >= 0.3 is 0 Å². The topological polar surface area (TPSA) is 28.2 Å². The van der Waals surface area contributed by atoms with Crippen LogP contribution < -0.4 is 10.2 Å². The number of pyridine rings is 1. The molecule has 104 valence electrons. The predicted octanol–water partition coefficient (Wildman–Crippen LogP) is 3.46. The molecule has 0 aliphatic carbocycles. The van der Waals surface area contributed by atoms with Crippen LogP contribution in [0.5, 0.6) is 0 Å². The van der Waals surface area contributed by atoms with E-state index in [2.05, 4.69) is 65.4 Å². The van der Waals surface area contributed by atoms with Gasteiger partial charge < -0.3 is 10.2 Å². The monoisotopic (exact) mass is 267 g/mol. The zero-order valence-electron chi connectivity index (χ0n) is 12.1. The Hall–Kier alpha value is -2.03. The molecule has 3 rings (SSSR count). The first-order chi connectivity index (χ1) is 9.78. The molecular formula is C17H21N3. The molecular weight excluding hydrogens is 246 g/mol. The Morgan fingerprint density at radius 2 is 2.05 bits per heavy atom. The smallest absolute Gasteiger partial charge is 0.126 e. The van der Waals surface area contributed by atoms with E-state index in [9.17, 15) is 0 Å². The summed E-state index contributed by atoms with van der Waals surface area (Å²) < 4.78 is 0. The third-order valence-electron chi connectivity index (χ3n) is 3.85. The first-order valence-electron chi connectivity index (χ1n) is 7.32. The lowest BCUT2D eigenvalue weighted by atomic mass is 10.1. The highest BCUT2D eigenvalue weighted by Gasteiger charge is 2.25. The fraction of sp³-hybridized carbons (Fsp3) is 0.353. The van der Waals surface area contributed by atoms with Crippen molar-refractivity contribution in [1.29, 1.82) is 0 Å². The quantitative estimate of drug-likeness (QED) is 0.919. The Labute approximate surface area is 120 Å². The van der Waals surface area contributed by atoms with Crippen LogP contribution in [0.2, 0.25) is 0 Å². The van der Waals surface area contributed by atoms with Crippen molar-refractivity contribution >= 4 is 11.5 Å². The number of nitrogens with zero attached hydrogens (tertiary/aromatic N) is 2. The number of para-hydroxylation sites is 1. The van der Waals surface area contributed by atoms with E-state index in [0.717, 1.165) is 31.0 Å². The summed E-state index contributed by atoms with van der Waals surface area (Å²) in [5.74, 6) is 0.963. The molecule has 1 N–H and O–H groups in total. The van der Waals surface area contributed by atoms with E-state index < -0.39 is 0 Å². The molecule has 0 bridgehead atoms. The molecule has 0 saturated heterocycles. The fourth-order valence-corrected chi connectivity index (χ4v) is 2.89. The molecule has 2 heterocycles. The molecule has 20 heavy (non-hydrogen) atoms. The summed E-state index contributed by atoms with van der Waals surface area (Å²) in [6, 6.07) is 15.4. The SMILES string of the molecule is CCNc1cccc(CN2c3ccccc3CC2C)n1. The Balaban J connectivity index is 1.82. The van der Waals surface area contributed by atoms with Gasteiger partial charge in [-0.05, 0) is 44.0 Å². The van der Waals surface area contributed by atoms with Crippen LogP contribution in [0, 0.1) is 0 Å². The molecule has 0 saturated carbocycles. The first kappa shape index (κ1) is 13.0. The van der Waals surface area contributed by atoms with Crippen LogP contribution in [0.4, 0.5) is 11.5 Å². The second-order valence-electron chi connectivity index (χ2n) is 5.35. The number of rotatable bonds is 4. The predicted molar refractivity (Wildman–Crippen MR) is 84.2 cm³/mol. The molecule has 0 radical (unpaired) electrons. The summed E-state index contributed by atoms with van der Waals surface area (Å²) in [4.78, 5) is 7.13. The lowest BCUT2D eigenvalue weighted by Crippen LogP contribution is -2.29. The van der Waals surface area contributed by atoms with Crippen LogP contribution in [0.15, 0.2) is 42.5 Å². The Morgan fingerprint density at radius 3 is 2.90 bits per heavy atom. The maximum absolute atomic E-state index is 4.68. The average molecular weight is 267 g/mol. The number of hydrogen-bond acceptors (Lipinski definition) is 3. The molecule has 1 aromatic carbocycles. The van der Waals surface area contributed by atoms with Crippen LogP contribution in [-0.2, 0) is 13.0 Å². The summed E-state index contributed by atoms with van der Waals surface area (Å²) in [5.41, 5.74) is 3.92. The van der Waals surface area contributed by atoms with Crippen molar-refractivity contribution in [2.24, 2.45) is 0 Å². The van der Waals surface area contributed by atoms with Gasteiger partial charge in [0.05, 0.1) is 12.2 Å². The third-order valence-corrected chi connectivity index (χ3v) is 3.85. The first-order valence-corrected chi connectivity index (χ1v) is 7.32. The van der Waals surface area contributed by atoms with Gasteiger partial charge in [-0.15, -0.1) is 0 Å². The van der Waals surface area contributed by atoms with Gasteiger partial charge in [0.15, 0.2) is 0 Å². The molecule has 1 aliphatic rings. The molecule has 3 heteroatoms. The van der Waals surface area contributed by atoms with Crippen LogP contribution in [0.3, 0.4) is 0 Å². The second kappa shape index (κ2) is 5.53.